The summed E-state index contributed by atoms with van der Waals surface area (Å²) in [6.45, 7) is 3.41. The number of carbonyl (C=O) groups is 2. The van der Waals surface area contributed by atoms with Crippen LogP contribution in [-0.4, -0.2) is 42.3 Å². The number of benzene rings is 2. The lowest BCUT2D eigenvalue weighted by atomic mass is 9.83. The van der Waals surface area contributed by atoms with E-state index in [0.717, 1.165) is 12.1 Å². The third kappa shape index (κ3) is 4.90. The van der Waals surface area contributed by atoms with Gasteiger partial charge in [0.15, 0.2) is 12.4 Å². The van der Waals surface area contributed by atoms with Gasteiger partial charge < -0.3 is 24.8 Å². The van der Waals surface area contributed by atoms with E-state index in [4.69, 9.17) is 9.47 Å². The van der Waals surface area contributed by atoms with Crippen LogP contribution in [0, 0.1) is 0 Å². The fraction of sp³-hybridized carbons (Fsp3) is 0.385. The molecule has 0 radical (unpaired) electrons. The third-order valence-corrected chi connectivity index (χ3v) is 6.60. The maximum atomic E-state index is 13.3. The SMILES string of the molecule is CCC1(CC)CC(=CC(=O)Nc2cccc3c2OCC(=O)N3CCO)c2ccc(C(F)(F)F)cc2O1. The molecule has 2 amide bonds. The van der Waals surface area contributed by atoms with Crippen molar-refractivity contribution in [3.63, 3.8) is 0 Å². The highest BCUT2D eigenvalue weighted by atomic mass is 19.4. The van der Waals surface area contributed by atoms with Gasteiger partial charge in [-0.1, -0.05) is 26.0 Å². The summed E-state index contributed by atoms with van der Waals surface area (Å²) in [6.07, 6.45) is -1.70. The topological polar surface area (TPSA) is 88.1 Å². The first-order chi connectivity index (χ1) is 17.1. The maximum Gasteiger partial charge on any atom is 0.416 e. The zero-order valence-electron chi connectivity index (χ0n) is 19.9. The lowest BCUT2D eigenvalue weighted by Gasteiger charge is -2.39. The number of fused-ring (bicyclic) bond motifs is 2. The van der Waals surface area contributed by atoms with Crippen LogP contribution in [0.25, 0.3) is 5.57 Å². The van der Waals surface area contributed by atoms with Gasteiger partial charge >= 0.3 is 6.18 Å². The zero-order chi connectivity index (χ0) is 26.1. The maximum absolute atomic E-state index is 13.3. The van der Waals surface area contributed by atoms with Crippen molar-refractivity contribution in [1.82, 2.24) is 0 Å². The second-order valence-electron chi connectivity index (χ2n) is 8.75. The van der Waals surface area contributed by atoms with Crippen LogP contribution >= 0.6 is 0 Å². The molecule has 0 bridgehead atoms. The number of carbonyl (C=O) groups excluding carboxylic acids is 2. The number of alkyl halides is 3. The molecule has 0 atom stereocenters. The van der Waals surface area contributed by atoms with Crippen LogP contribution in [0.15, 0.2) is 42.5 Å². The van der Waals surface area contributed by atoms with Crippen LogP contribution in [0.3, 0.4) is 0 Å². The Labute approximate surface area is 206 Å². The molecule has 2 heterocycles. The molecule has 192 valence electrons. The van der Waals surface area contributed by atoms with E-state index in [0.29, 0.717) is 47.5 Å². The number of halogens is 3. The molecule has 2 aliphatic rings. The standard InChI is InChI=1S/C26H27F3N2O5/c1-3-25(4-2)14-16(18-9-8-17(26(27,28)29)13-21(18)36-25)12-22(33)30-19-6-5-7-20-24(19)35-15-23(34)31(20)10-11-32/h5-9,12-13,32H,3-4,10-11,14-15H2,1-2H3,(H,30,33). The summed E-state index contributed by atoms with van der Waals surface area (Å²) in [5.74, 6) is -0.413. The molecular weight excluding hydrogens is 477 g/mol. The quantitative estimate of drug-likeness (QED) is 0.553. The van der Waals surface area contributed by atoms with Crippen LogP contribution in [0.2, 0.25) is 0 Å². The Bertz CT molecular complexity index is 1200. The Morgan fingerprint density at radius 2 is 1.97 bits per heavy atom. The number of amides is 2. The molecule has 0 spiro atoms. The molecule has 0 fully saturated rings. The number of nitrogens with one attached hydrogen (secondary N) is 1. The van der Waals surface area contributed by atoms with Crippen LogP contribution in [-0.2, 0) is 15.8 Å². The number of aliphatic hydroxyl groups excluding tert-OH is 1. The van der Waals surface area contributed by atoms with E-state index in [-0.39, 0.29) is 31.4 Å². The largest absolute Gasteiger partial charge is 0.486 e. The minimum atomic E-state index is -4.52. The third-order valence-electron chi connectivity index (χ3n) is 6.60. The first-order valence-electron chi connectivity index (χ1n) is 11.7. The van der Waals surface area contributed by atoms with Gasteiger partial charge in [0.2, 0.25) is 5.91 Å². The Kier molecular flexibility index (Phi) is 6.99. The molecule has 0 saturated heterocycles. The monoisotopic (exact) mass is 504 g/mol. The van der Waals surface area contributed by atoms with Gasteiger partial charge in [-0.3, -0.25) is 9.59 Å². The molecule has 0 saturated carbocycles. The van der Waals surface area contributed by atoms with Gasteiger partial charge in [0.25, 0.3) is 5.91 Å². The number of nitrogens with zero attached hydrogens (tertiary/aromatic N) is 1. The number of anilines is 2. The molecule has 2 aromatic carbocycles. The van der Waals surface area contributed by atoms with Gasteiger partial charge in [-0.25, -0.2) is 0 Å². The van der Waals surface area contributed by atoms with Gasteiger partial charge in [-0.2, -0.15) is 13.2 Å². The lowest BCUT2D eigenvalue weighted by molar-refractivity contribution is -0.137. The molecule has 0 unspecified atom stereocenters. The van der Waals surface area contributed by atoms with Gasteiger partial charge in [-0.15, -0.1) is 0 Å². The number of ether oxygens (including phenoxy) is 2. The first kappa shape index (κ1) is 25.6. The van der Waals surface area contributed by atoms with Gasteiger partial charge in [0, 0.05) is 24.6 Å². The van der Waals surface area contributed by atoms with E-state index < -0.39 is 23.2 Å². The Balaban J connectivity index is 1.68. The molecule has 0 aliphatic carbocycles. The zero-order valence-corrected chi connectivity index (χ0v) is 19.9. The number of β-amino-alcohol motifs (C(OH)–C–C–N with tert-alkyl or cyclic N) is 1. The van der Waals surface area contributed by atoms with Gasteiger partial charge in [0.1, 0.15) is 11.4 Å². The van der Waals surface area contributed by atoms with Gasteiger partial charge in [-0.05, 0) is 42.7 Å². The average Bonchev–Trinajstić information content (AvgIpc) is 2.84. The van der Waals surface area contributed by atoms with Crippen molar-refractivity contribution < 1.29 is 37.3 Å². The minimum absolute atomic E-state index is 0.0868. The fourth-order valence-electron chi connectivity index (χ4n) is 4.54. The van der Waals surface area contributed by atoms with Gasteiger partial charge in [0.05, 0.1) is 23.5 Å². The normalized spacial score (nSPS) is 17.7. The van der Waals surface area contributed by atoms with Crippen molar-refractivity contribution in [2.45, 2.75) is 44.9 Å². The van der Waals surface area contributed by atoms with Crippen molar-refractivity contribution in [3.05, 3.63) is 53.6 Å². The predicted octanol–water partition coefficient (Wildman–Crippen LogP) is 4.79. The highest BCUT2D eigenvalue weighted by molar-refractivity contribution is 6.07. The number of rotatable bonds is 6. The van der Waals surface area contributed by atoms with Crippen molar-refractivity contribution >= 4 is 28.8 Å². The van der Waals surface area contributed by atoms with Crippen LogP contribution in [0.5, 0.6) is 11.5 Å². The summed E-state index contributed by atoms with van der Waals surface area (Å²) < 4.78 is 51.6. The summed E-state index contributed by atoms with van der Waals surface area (Å²) in [7, 11) is 0. The highest BCUT2D eigenvalue weighted by Gasteiger charge is 2.38. The molecule has 2 aliphatic heterocycles. The average molecular weight is 505 g/mol. The predicted molar refractivity (Wildman–Crippen MR) is 128 cm³/mol. The summed E-state index contributed by atoms with van der Waals surface area (Å²) in [5.41, 5.74) is 0.210. The van der Waals surface area contributed by atoms with E-state index in [1.165, 1.54) is 17.0 Å². The molecule has 36 heavy (non-hydrogen) atoms. The summed E-state index contributed by atoms with van der Waals surface area (Å²) >= 11 is 0. The summed E-state index contributed by atoms with van der Waals surface area (Å²) in [4.78, 5) is 26.6. The second kappa shape index (κ2) is 9.85. The van der Waals surface area contributed by atoms with E-state index in [1.807, 2.05) is 13.8 Å². The number of hydrogen-bond acceptors (Lipinski definition) is 5. The van der Waals surface area contributed by atoms with E-state index in [2.05, 4.69) is 5.32 Å². The minimum Gasteiger partial charge on any atom is -0.486 e. The van der Waals surface area contributed by atoms with Crippen molar-refractivity contribution in [1.29, 1.82) is 0 Å². The first-order valence-corrected chi connectivity index (χ1v) is 11.7. The molecule has 10 heteroatoms. The van der Waals surface area contributed by atoms with E-state index in [1.54, 1.807) is 18.2 Å². The van der Waals surface area contributed by atoms with E-state index >= 15 is 0 Å². The summed E-state index contributed by atoms with van der Waals surface area (Å²) in [5, 5.41) is 12.1. The van der Waals surface area contributed by atoms with E-state index in [9.17, 15) is 27.9 Å². The molecule has 7 nitrogen and oxygen atoms in total. The van der Waals surface area contributed by atoms with Crippen LogP contribution < -0.4 is 19.7 Å². The van der Waals surface area contributed by atoms with Crippen molar-refractivity contribution in [2.24, 2.45) is 0 Å². The second-order valence-corrected chi connectivity index (χ2v) is 8.75. The smallest absolute Gasteiger partial charge is 0.416 e. The lowest BCUT2D eigenvalue weighted by Crippen LogP contribution is -2.40. The Morgan fingerprint density at radius 3 is 2.64 bits per heavy atom. The Morgan fingerprint density at radius 1 is 1.22 bits per heavy atom. The number of aliphatic hydroxyl groups is 1. The molecule has 2 N–H and O–H groups in total. The number of para-hydroxylation sites is 1. The molecule has 4 rings (SSSR count). The Hall–Kier alpha value is -3.53. The number of hydrogen-bond donors (Lipinski definition) is 2. The fourth-order valence-corrected chi connectivity index (χ4v) is 4.54. The van der Waals surface area contributed by atoms with Crippen LogP contribution in [0.1, 0.15) is 44.2 Å². The van der Waals surface area contributed by atoms with Crippen molar-refractivity contribution in [3.8, 4) is 11.5 Å². The molecular formula is C26H27F3N2O5. The van der Waals surface area contributed by atoms with Crippen LogP contribution in [0.4, 0.5) is 24.5 Å². The summed E-state index contributed by atoms with van der Waals surface area (Å²) in [6, 6.07) is 8.22. The van der Waals surface area contributed by atoms with Crippen molar-refractivity contribution in [2.75, 3.05) is 30.0 Å². The molecule has 0 aromatic heterocycles. The molecule has 2 aromatic rings. The highest BCUT2D eigenvalue weighted by Crippen LogP contribution is 2.46.